The Balaban J connectivity index is 2.81. The number of sulfonamides is 1. The molecule has 0 fully saturated rings. The number of hydrogen-bond acceptors (Lipinski definition) is 3. The summed E-state index contributed by atoms with van der Waals surface area (Å²) >= 11 is 0. The van der Waals surface area contributed by atoms with E-state index < -0.39 is 10.0 Å². The van der Waals surface area contributed by atoms with Crippen LogP contribution in [0.15, 0.2) is 29.2 Å². The van der Waals surface area contributed by atoms with Gasteiger partial charge in [-0.3, -0.25) is 4.79 Å². The summed E-state index contributed by atoms with van der Waals surface area (Å²) < 4.78 is 26.9. The molecule has 0 aromatic heterocycles. The van der Waals surface area contributed by atoms with Gasteiger partial charge in [0.15, 0.2) is 0 Å². The van der Waals surface area contributed by atoms with Crippen LogP contribution in [0.5, 0.6) is 0 Å². The van der Waals surface area contributed by atoms with Crippen molar-refractivity contribution in [1.82, 2.24) is 4.72 Å². The molecule has 0 aliphatic heterocycles. The molecule has 0 radical (unpaired) electrons. The van der Waals surface area contributed by atoms with Gasteiger partial charge in [0.25, 0.3) is 0 Å². The van der Waals surface area contributed by atoms with E-state index in [1.165, 1.54) is 12.1 Å². The van der Waals surface area contributed by atoms with Crippen molar-refractivity contribution in [2.45, 2.75) is 57.9 Å². The molecule has 1 aromatic rings. The summed E-state index contributed by atoms with van der Waals surface area (Å²) in [6.45, 7) is 7.69. The third-order valence-corrected chi connectivity index (χ3v) is 5.36. The summed E-state index contributed by atoms with van der Waals surface area (Å²) in [5.41, 5.74) is 0.611. The van der Waals surface area contributed by atoms with E-state index in [1.54, 1.807) is 12.1 Å². The van der Waals surface area contributed by atoms with E-state index in [1.807, 2.05) is 27.7 Å². The lowest BCUT2D eigenvalue weighted by Crippen LogP contribution is -2.32. The summed E-state index contributed by atoms with van der Waals surface area (Å²) in [5, 5.41) is 2.82. The molecule has 22 heavy (non-hydrogen) atoms. The van der Waals surface area contributed by atoms with Gasteiger partial charge in [-0.15, -0.1) is 0 Å². The van der Waals surface area contributed by atoms with Crippen molar-refractivity contribution in [3.8, 4) is 0 Å². The lowest BCUT2D eigenvalue weighted by Gasteiger charge is -2.14. The lowest BCUT2D eigenvalue weighted by atomic mass is 10.0. The van der Waals surface area contributed by atoms with E-state index in [0.717, 1.165) is 19.3 Å². The van der Waals surface area contributed by atoms with E-state index in [0.29, 0.717) is 5.69 Å². The minimum atomic E-state index is -3.51. The number of amides is 1. The van der Waals surface area contributed by atoms with Crippen LogP contribution in [0.2, 0.25) is 0 Å². The Hall–Kier alpha value is -1.40. The second-order valence-corrected chi connectivity index (χ2v) is 7.17. The van der Waals surface area contributed by atoms with Crippen LogP contribution < -0.4 is 10.0 Å². The van der Waals surface area contributed by atoms with Gasteiger partial charge in [-0.2, -0.15) is 0 Å². The summed E-state index contributed by atoms with van der Waals surface area (Å²) in [5.74, 6) is -0.0474. The molecule has 0 aliphatic rings. The maximum absolute atomic E-state index is 12.1. The fourth-order valence-corrected chi connectivity index (χ4v) is 3.36. The summed E-state index contributed by atoms with van der Waals surface area (Å²) in [6.07, 6.45) is 2.30. The van der Waals surface area contributed by atoms with Crippen LogP contribution >= 0.6 is 0 Å². The highest BCUT2D eigenvalue weighted by Gasteiger charge is 2.17. The van der Waals surface area contributed by atoms with Gasteiger partial charge in [0, 0.05) is 17.6 Å². The molecule has 1 rings (SSSR count). The predicted octanol–water partition coefficient (Wildman–Crippen LogP) is 3.14. The van der Waals surface area contributed by atoms with Crippen molar-refractivity contribution < 1.29 is 13.2 Å². The quantitative estimate of drug-likeness (QED) is 0.770. The smallest absolute Gasteiger partial charge is 0.240 e. The minimum Gasteiger partial charge on any atom is -0.326 e. The molecule has 5 nitrogen and oxygen atoms in total. The van der Waals surface area contributed by atoms with Crippen molar-refractivity contribution in [3.63, 3.8) is 0 Å². The first-order chi connectivity index (χ1) is 10.3. The van der Waals surface area contributed by atoms with Crippen LogP contribution in [-0.4, -0.2) is 20.4 Å². The molecule has 1 unspecified atom stereocenters. The molecular formula is C16H26N2O3S. The van der Waals surface area contributed by atoms with Crippen molar-refractivity contribution in [1.29, 1.82) is 0 Å². The fraction of sp³-hybridized carbons (Fsp3) is 0.562. The normalized spacial score (nSPS) is 13.1. The first-order valence-electron chi connectivity index (χ1n) is 7.77. The Morgan fingerprint density at radius 1 is 1.05 bits per heavy atom. The number of carbonyl (C=O) groups excluding carboxylic acids is 1. The highest BCUT2D eigenvalue weighted by atomic mass is 32.2. The molecular weight excluding hydrogens is 300 g/mol. The van der Waals surface area contributed by atoms with Crippen LogP contribution in [0.3, 0.4) is 0 Å². The second kappa shape index (κ2) is 8.29. The van der Waals surface area contributed by atoms with E-state index in [2.05, 4.69) is 10.0 Å². The highest BCUT2D eigenvalue weighted by Crippen LogP contribution is 2.17. The average molecular weight is 326 g/mol. The van der Waals surface area contributed by atoms with E-state index in [9.17, 15) is 13.2 Å². The Bertz CT molecular complexity index is 578. The molecule has 0 spiro atoms. The minimum absolute atomic E-state index is 0.0181. The van der Waals surface area contributed by atoms with Gasteiger partial charge in [-0.1, -0.05) is 20.8 Å². The Morgan fingerprint density at radius 3 is 2.05 bits per heavy atom. The van der Waals surface area contributed by atoms with E-state index in [-0.39, 0.29) is 22.8 Å². The van der Waals surface area contributed by atoms with Crippen LogP contribution in [0.4, 0.5) is 5.69 Å². The van der Waals surface area contributed by atoms with Gasteiger partial charge < -0.3 is 5.32 Å². The van der Waals surface area contributed by atoms with Crippen molar-refractivity contribution >= 4 is 21.6 Å². The number of benzene rings is 1. The molecule has 1 amide bonds. The third kappa shape index (κ3) is 5.10. The van der Waals surface area contributed by atoms with Gasteiger partial charge in [-0.05, 0) is 50.5 Å². The van der Waals surface area contributed by atoms with Crippen LogP contribution in [0.25, 0.3) is 0 Å². The average Bonchev–Trinajstić information content (AvgIpc) is 2.48. The van der Waals surface area contributed by atoms with Crippen molar-refractivity contribution in [2.24, 2.45) is 5.92 Å². The predicted molar refractivity (Wildman–Crippen MR) is 89.2 cm³/mol. The zero-order valence-corrected chi connectivity index (χ0v) is 14.5. The van der Waals surface area contributed by atoms with Gasteiger partial charge in [-0.25, -0.2) is 13.1 Å². The molecule has 2 N–H and O–H groups in total. The summed E-state index contributed by atoms with van der Waals surface area (Å²) in [4.78, 5) is 12.2. The highest BCUT2D eigenvalue weighted by molar-refractivity contribution is 7.89. The molecule has 0 aliphatic carbocycles. The summed E-state index contributed by atoms with van der Waals surface area (Å²) in [6, 6.07) is 6.14. The maximum atomic E-state index is 12.1. The second-order valence-electron chi connectivity index (χ2n) is 5.46. The lowest BCUT2D eigenvalue weighted by molar-refractivity contribution is -0.120. The monoisotopic (exact) mass is 326 g/mol. The zero-order valence-electron chi connectivity index (χ0n) is 13.7. The Labute approximate surface area is 133 Å². The molecule has 0 saturated carbocycles. The van der Waals surface area contributed by atoms with Crippen LogP contribution in [-0.2, 0) is 14.8 Å². The van der Waals surface area contributed by atoms with Crippen molar-refractivity contribution in [2.75, 3.05) is 5.32 Å². The summed E-state index contributed by atoms with van der Waals surface area (Å²) in [7, 11) is -3.51. The topological polar surface area (TPSA) is 75.3 Å². The van der Waals surface area contributed by atoms with Crippen LogP contribution in [0.1, 0.15) is 47.0 Å². The zero-order chi connectivity index (χ0) is 16.8. The van der Waals surface area contributed by atoms with E-state index >= 15 is 0 Å². The van der Waals surface area contributed by atoms with Gasteiger partial charge in [0.2, 0.25) is 15.9 Å². The first kappa shape index (κ1) is 18.6. The van der Waals surface area contributed by atoms with Gasteiger partial charge >= 0.3 is 0 Å². The molecule has 1 aromatic carbocycles. The number of rotatable bonds is 8. The SMILES string of the molecule is CCC(C)NS(=O)(=O)c1ccc(NC(=O)C(CC)CC)cc1. The van der Waals surface area contributed by atoms with Crippen LogP contribution in [0, 0.1) is 5.92 Å². The van der Waals surface area contributed by atoms with Crippen molar-refractivity contribution in [3.05, 3.63) is 24.3 Å². The Morgan fingerprint density at radius 2 is 1.59 bits per heavy atom. The van der Waals surface area contributed by atoms with E-state index in [4.69, 9.17) is 0 Å². The van der Waals surface area contributed by atoms with Gasteiger partial charge in [0.05, 0.1) is 4.90 Å². The molecule has 6 heteroatoms. The first-order valence-corrected chi connectivity index (χ1v) is 9.25. The maximum Gasteiger partial charge on any atom is 0.240 e. The molecule has 124 valence electrons. The Kier molecular flexibility index (Phi) is 7.03. The molecule has 0 heterocycles. The fourth-order valence-electron chi connectivity index (χ4n) is 2.04. The third-order valence-electron chi connectivity index (χ3n) is 3.76. The largest absolute Gasteiger partial charge is 0.326 e. The number of anilines is 1. The number of hydrogen-bond donors (Lipinski definition) is 2. The molecule has 0 saturated heterocycles. The molecule has 0 bridgehead atoms. The number of nitrogens with one attached hydrogen (secondary N) is 2. The molecule has 1 atom stereocenters. The number of carbonyl (C=O) groups is 1. The standard InChI is InChI=1S/C16H26N2O3S/c1-5-12(4)18-22(20,21)15-10-8-14(9-11-15)17-16(19)13(6-2)7-3/h8-13,18H,5-7H2,1-4H3,(H,17,19). The van der Waals surface area contributed by atoms with Gasteiger partial charge in [0.1, 0.15) is 0 Å².